The Hall–Kier alpha value is -0.200. The molecule has 0 aliphatic carbocycles. The summed E-state index contributed by atoms with van der Waals surface area (Å²) in [5.74, 6) is 3.72. The van der Waals surface area contributed by atoms with Crippen molar-refractivity contribution in [2.75, 3.05) is 98.2 Å². The summed E-state index contributed by atoms with van der Waals surface area (Å²) in [6.07, 6.45) is 0. The lowest BCUT2D eigenvalue weighted by Gasteiger charge is -2.37. The SMILES string of the molecule is CC(C)CN(CCN1CCN(CCN(CC(C)C)CC(C)C)CC1)CCN(CC(C)C)CC(C)C. The Bertz CT molecular complexity index is 477. The third kappa shape index (κ3) is 17.0. The predicted molar refractivity (Wildman–Crippen MR) is 156 cm³/mol. The highest BCUT2D eigenvalue weighted by molar-refractivity contribution is 4.76. The summed E-state index contributed by atoms with van der Waals surface area (Å²) < 4.78 is 0. The van der Waals surface area contributed by atoms with Crippen molar-refractivity contribution < 1.29 is 0 Å². The largest absolute Gasteiger partial charge is 0.302 e. The lowest BCUT2D eigenvalue weighted by Crippen LogP contribution is -2.50. The van der Waals surface area contributed by atoms with Crippen molar-refractivity contribution >= 4 is 0 Å². The number of hydrogen-bond donors (Lipinski definition) is 0. The van der Waals surface area contributed by atoms with Gasteiger partial charge in [-0.1, -0.05) is 69.2 Å². The van der Waals surface area contributed by atoms with Gasteiger partial charge in [0.05, 0.1) is 0 Å². The molecule has 0 N–H and O–H groups in total. The predicted octanol–water partition coefficient (Wildman–Crippen LogP) is 4.79. The molecule has 0 atom stereocenters. The van der Waals surface area contributed by atoms with Crippen LogP contribution in [-0.4, -0.2) is 123 Å². The molecule has 1 fully saturated rings. The zero-order chi connectivity index (χ0) is 26.4. The highest BCUT2D eigenvalue weighted by atomic mass is 15.3. The molecular weight excluding hydrogens is 430 g/mol. The Morgan fingerprint density at radius 2 is 0.657 bits per heavy atom. The second-order valence-electron chi connectivity index (χ2n) is 13.5. The van der Waals surface area contributed by atoms with E-state index in [0.717, 1.165) is 29.6 Å². The summed E-state index contributed by atoms with van der Waals surface area (Å²) >= 11 is 0. The van der Waals surface area contributed by atoms with Gasteiger partial charge in [0.2, 0.25) is 0 Å². The van der Waals surface area contributed by atoms with Gasteiger partial charge in [-0.2, -0.15) is 0 Å². The summed E-state index contributed by atoms with van der Waals surface area (Å²) in [4.78, 5) is 13.5. The Labute approximate surface area is 221 Å². The molecule has 0 bridgehead atoms. The van der Waals surface area contributed by atoms with Crippen LogP contribution in [0.3, 0.4) is 0 Å². The third-order valence-corrected chi connectivity index (χ3v) is 6.78. The molecule has 0 radical (unpaired) electrons. The van der Waals surface area contributed by atoms with Crippen LogP contribution in [0.15, 0.2) is 0 Å². The average Bonchev–Trinajstić information content (AvgIpc) is 2.72. The summed E-state index contributed by atoms with van der Waals surface area (Å²) in [5, 5.41) is 0. The molecular formula is C30H65N5. The van der Waals surface area contributed by atoms with Gasteiger partial charge in [0.1, 0.15) is 0 Å². The minimum absolute atomic E-state index is 0.732. The number of rotatable bonds is 19. The van der Waals surface area contributed by atoms with Gasteiger partial charge in [0.25, 0.3) is 0 Å². The molecule has 0 aromatic carbocycles. The minimum Gasteiger partial charge on any atom is -0.302 e. The monoisotopic (exact) mass is 496 g/mol. The summed E-state index contributed by atoms with van der Waals surface area (Å²) in [6.45, 7) is 41.9. The van der Waals surface area contributed by atoms with Crippen LogP contribution in [0.4, 0.5) is 0 Å². The Kier molecular flexibility index (Phi) is 17.0. The quantitative estimate of drug-likeness (QED) is 0.255. The smallest absolute Gasteiger partial charge is 0.0110 e. The molecule has 0 unspecified atom stereocenters. The topological polar surface area (TPSA) is 16.2 Å². The van der Waals surface area contributed by atoms with E-state index < -0.39 is 0 Å². The maximum absolute atomic E-state index is 2.74. The van der Waals surface area contributed by atoms with Gasteiger partial charge in [0.15, 0.2) is 0 Å². The standard InChI is InChI=1S/C30H65N5/c1-26(2)21-33(18-20-35(24-29(7)8)25-30(9)10)17-15-31-11-13-32(14-12-31)16-19-34(22-27(3)4)23-28(5)6/h26-30H,11-25H2,1-10H3. The van der Waals surface area contributed by atoms with Gasteiger partial charge in [-0.3, -0.25) is 9.80 Å². The Balaban J connectivity index is 2.43. The molecule has 210 valence electrons. The first kappa shape index (κ1) is 32.8. The van der Waals surface area contributed by atoms with Gasteiger partial charge >= 0.3 is 0 Å². The zero-order valence-electron chi connectivity index (χ0n) is 25.7. The molecule has 5 heteroatoms. The first-order valence-electron chi connectivity index (χ1n) is 15.1. The maximum Gasteiger partial charge on any atom is 0.0110 e. The molecule has 0 aromatic heterocycles. The van der Waals surface area contributed by atoms with Crippen LogP contribution >= 0.6 is 0 Å². The number of nitrogens with zero attached hydrogens (tertiary/aromatic N) is 5. The number of hydrogen-bond acceptors (Lipinski definition) is 5. The molecule has 1 aliphatic heterocycles. The summed E-state index contributed by atoms with van der Waals surface area (Å²) in [6, 6.07) is 0. The fourth-order valence-corrected chi connectivity index (χ4v) is 5.48. The van der Waals surface area contributed by atoms with E-state index in [9.17, 15) is 0 Å². The van der Waals surface area contributed by atoms with Gasteiger partial charge in [0, 0.05) is 98.2 Å². The van der Waals surface area contributed by atoms with Gasteiger partial charge in [-0.05, 0) is 29.6 Å². The highest BCUT2D eigenvalue weighted by Gasteiger charge is 2.20. The fourth-order valence-electron chi connectivity index (χ4n) is 5.48. The van der Waals surface area contributed by atoms with Gasteiger partial charge < -0.3 is 14.7 Å². The van der Waals surface area contributed by atoms with Crippen LogP contribution in [0.2, 0.25) is 0 Å². The van der Waals surface area contributed by atoms with Crippen molar-refractivity contribution in [2.45, 2.75) is 69.2 Å². The fraction of sp³-hybridized carbons (Fsp3) is 1.00. The van der Waals surface area contributed by atoms with Crippen molar-refractivity contribution in [1.29, 1.82) is 0 Å². The molecule has 0 aromatic rings. The second kappa shape index (κ2) is 18.1. The van der Waals surface area contributed by atoms with Crippen molar-refractivity contribution in [3.8, 4) is 0 Å². The van der Waals surface area contributed by atoms with E-state index in [1.165, 1.54) is 98.2 Å². The molecule has 1 rings (SSSR count). The van der Waals surface area contributed by atoms with Crippen LogP contribution in [0, 0.1) is 29.6 Å². The molecule has 35 heavy (non-hydrogen) atoms. The first-order valence-corrected chi connectivity index (χ1v) is 15.1. The summed E-state index contributed by atoms with van der Waals surface area (Å²) in [5.41, 5.74) is 0. The van der Waals surface area contributed by atoms with Crippen molar-refractivity contribution in [3.05, 3.63) is 0 Å². The highest BCUT2D eigenvalue weighted by Crippen LogP contribution is 2.09. The van der Waals surface area contributed by atoms with E-state index >= 15 is 0 Å². The first-order chi connectivity index (χ1) is 16.4. The molecule has 0 saturated carbocycles. The van der Waals surface area contributed by atoms with Crippen LogP contribution in [-0.2, 0) is 0 Å². The molecule has 1 saturated heterocycles. The normalized spacial score (nSPS) is 16.6. The average molecular weight is 496 g/mol. The van der Waals surface area contributed by atoms with Crippen molar-refractivity contribution in [2.24, 2.45) is 29.6 Å². The van der Waals surface area contributed by atoms with Crippen LogP contribution in [0.5, 0.6) is 0 Å². The molecule has 1 aliphatic rings. The number of piperazine rings is 1. The van der Waals surface area contributed by atoms with Crippen LogP contribution in [0.25, 0.3) is 0 Å². The summed E-state index contributed by atoms with van der Waals surface area (Å²) in [7, 11) is 0. The van der Waals surface area contributed by atoms with E-state index in [-0.39, 0.29) is 0 Å². The lowest BCUT2D eigenvalue weighted by molar-refractivity contribution is 0.0981. The van der Waals surface area contributed by atoms with Gasteiger partial charge in [-0.25, -0.2) is 0 Å². The van der Waals surface area contributed by atoms with E-state index in [1.54, 1.807) is 0 Å². The second-order valence-corrected chi connectivity index (χ2v) is 13.5. The minimum atomic E-state index is 0.732. The maximum atomic E-state index is 2.74. The van der Waals surface area contributed by atoms with E-state index in [0.29, 0.717) is 0 Å². The van der Waals surface area contributed by atoms with E-state index in [2.05, 4.69) is 93.7 Å². The third-order valence-electron chi connectivity index (χ3n) is 6.78. The Morgan fingerprint density at radius 3 is 1.00 bits per heavy atom. The van der Waals surface area contributed by atoms with Crippen LogP contribution < -0.4 is 0 Å². The Morgan fingerprint density at radius 1 is 0.400 bits per heavy atom. The van der Waals surface area contributed by atoms with Gasteiger partial charge in [-0.15, -0.1) is 0 Å². The van der Waals surface area contributed by atoms with Crippen LogP contribution in [0.1, 0.15) is 69.2 Å². The van der Waals surface area contributed by atoms with Crippen molar-refractivity contribution in [3.63, 3.8) is 0 Å². The molecule has 5 nitrogen and oxygen atoms in total. The van der Waals surface area contributed by atoms with E-state index in [1.807, 2.05) is 0 Å². The van der Waals surface area contributed by atoms with Crippen molar-refractivity contribution in [1.82, 2.24) is 24.5 Å². The lowest BCUT2D eigenvalue weighted by atomic mass is 10.1. The zero-order valence-corrected chi connectivity index (χ0v) is 25.7. The van der Waals surface area contributed by atoms with E-state index in [4.69, 9.17) is 0 Å². The molecule has 0 spiro atoms. The molecule has 0 amide bonds. The molecule has 1 heterocycles.